The first kappa shape index (κ1) is 11.2. The molecule has 0 spiro atoms. The molecule has 0 radical (unpaired) electrons. The van der Waals surface area contributed by atoms with Crippen LogP contribution in [0.3, 0.4) is 0 Å². The minimum atomic E-state index is 0. The van der Waals surface area contributed by atoms with Gasteiger partial charge in [0.2, 0.25) is 0 Å². The van der Waals surface area contributed by atoms with Crippen molar-refractivity contribution < 1.29 is 22.4 Å². The van der Waals surface area contributed by atoms with E-state index in [0.29, 0.717) is 0 Å². The predicted octanol–water partition coefficient (Wildman–Crippen LogP) is 3.19. The molecule has 0 bridgehead atoms. The summed E-state index contributed by atoms with van der Waals surface area (Å²) in [5, 5.41) is 0. The molecule has 0 saturated carbocycles. The maximum absolute atomic E-state index is 7.14. The van der Waals surface area contributed by atoms with E-state index in [1.54, 1.807) is 0 Å². The van der Waals surface area contributed by atoms with Crippen molar-refractivity contribution in [3.63, 3.8) is 0 Å². The van der Waals surface area contributed by atoms with Crippen LogP contribution in [0.1, 0.15) is 16.7 Å². The van der Waals surface area contributed by atoms with Crippen LogP contribution in [-0.2, 0) is 28.8 Å². The Morgan fingerprint density at radius 1 is 0.938 bits per heavy atom. The van der Waals surface area contributed by atoms with E-state index >= 15 is 0 Å². The molecule has 3 rings (SSSR count). The normalized spacial score (nSPS) is 10.9. The van der Waals surface area contributed by atoms with Crippen LogP contribution in [0.5, 0.6) is 0 Å². The topological polar surface area (TPSA) is 0 Å². The Morgan fingerprint density at radius 3 is 2.50 bits per heavy atom. The van der Waals surface area contributed by atoms with E-state index < -0.39 is 0 Å². The molecule has 0 unspecified atom stereocenters. The Bertz CT molecular complexity index is 576. The zero-order chi connectivity index (χ0) is 10.3. The first-order valence-corrected chi connectivity index (χ1v) is 5.02. The number of benzene rings is 2. The summed E-state index contributed by atoms with van der Waals surface area (Å²) in [5.41, 5.74) is 6.17. The average molecular weight is 386 g/mol. The molecular weight excluding hydrogens is 377 g/mol. The fourth-order valence-electron chi connectivity index (χ4n) is 2.20. The standard InChI is InChI=1S/C15H9.Au/c1-2-11-7-8-13-10-12-5-3-4-6-14(12)15(13)9-11;/h3-9H,10H2;/q-1;+1. The SMILES string of the molecule is [Au+].[C-]#Cc1ccc2c(c1)-c1ccccc1C2. The molecule has 0 N–H and O–H groups in total. The van der Waals surface area contributed by atoms with Gasteiger partial charge in [0.25, 0.3) is 0 Å². The van der Waals surface area contributed by atoms with Gasteiger partial charge >= 0.3 is 22.4 Å². The summed E-state index contributed by atoms with van der Waals surface area (Å²) in [4.78, 5) is 0. The van der Waals surface area contributed by atoms with Crippen LogP contribution in [0.4, 0.5) is 0 Å². The van der Waals surface area contributed by atoms with Crippen LogP contribution in [0.15, 0.2) is 42.5 Å². The summed E-state index contributed by atoms with van der Waals surface area (Å²) >= 11 is 0. The zero-order valence-electron chi connectivity index (χ0n) is 8.55. The Morgan fingerprint density at radius 2 is 1.69 bits per heavy atom. The fraction of sp³-hybridized carbons (Fsp3) is 0.0667. The average Bonchev–Trinajstić information content (AvgIpc) is 2.66. The number of fused-ring (bicyclic) bond motifs is 3. The molecule has 16 heavy (non-hydrogen) atoms. The smallest absolute Gasteiger partial charge is 0.366 e. The summed E-state index contributed by atoms with van der Waals surface area (Å²) in [7, 11) is 0. The van der Waals surface area contributed by atoms with Crippen LogP contribution in [0.25, 0.3) is 11.1 Å². The molecule has 1 aliphatic carbocycles. The fourth-order valence-corrected chi connectivity index (χ4v) is 2.20. The summed E-state index contributed by atoms with van der Waals surface area (Å²) < 4.78 is 0. The molecule has 0 saturated heterocycles. The van der Waals surface area contributed by atoms with Crippen LogP contribution >= 0.6 is 0 Å². The van der Waals surface area contributed by atoms with Gasteiger partial charge in [-0.05, 0) is 28.7 Å². The third-order valence-electron chi connectivity index (χ3n) is 2.94. The van der Waals surface area contributed by atoms with E-state index in [4.69, 9.17) is 6.42 Å². The molecule has 80 valence electrons. The minimum absolute atomic E-state index is 0. The maximum atomic E-state index is 7.14. The van der Waals surface area contributed by atoms with Gasteiger partial charge in [0, 0.05) is 0 Å². The van der Waals surface area contributed by atoms with Gasteiger partial charge in [-0.2, -0.15) is 0 Å². The zero-order valence-corrected chi connectivity index (χ0v) is 10.7. The van der Waals surface area contributed by atoms with Crippen molar-refractivity contribution in [1.82, 2.24) is 0 Å². The Balaban J connectivity index is 0.000000963. The summed E-state index contributed by atoms with van der Waals surface area (Å²) in [5.74, 6) is 2.44. The van der Waals surface area contributed by atoms with Crippen molar-refractivity contribution in [2.75, 3.05) is 0 Å². The molecule has 0 atom stereocenters. The second-order valence-corrected chi connectivity index (χ2v) is 3.83. The first-order valence-electron chi connectivity index (χ1n) is 5.02. The van der Waals surface area contributed by atoms with E-state index in [2.05, 4.69) is 36.3 Å². The molecule has 0 fully saturated rings. The van der Waals surface area contributed by atoms with Gasteiger partial charge in [-0.25, -0.2) is 0 Å². The van der Waals surface area contributed by atoms with Gasteiger partial charge in [0.05, 0.1) is 0 Å². The molecule has 2 aromatic rings. The molecular formula is C15H9Au. The van der Waals surface area contributed by atoms with Crippen molar-refractivity contribution in [1.29, 1.82) is 0 Å². The van der Waals surface area contributed by atoms with Crippen LogP contribution in [0, 0.1) is 12.3 Å². The van der Waals surface area contributed by atoms with E-state index in [1.165, 1.54) is 22.3 Å². The second kappa shape index (κ2) is 4.31. The van der Waals surface area contributed by atoms with Gasteiger partial charge in [0.15, 0.2) is 0 Å². The van der Waals surface area contributed by atoms with Gasteiger partial charge in [-0.3, -0.25) is 5.92 Å². The summed E-state index contributed by atoms with van der Waals surface area (Å²) in [6.07, 6.45) is 8.16. The number of hydrogen-bond donors (Lipinski definition) is 0. The Kier molecular flexibility index (Phi) is 3.03. The summed E-state index contributed by atoms with van der Waals surface area (Å²) in [6, 6.07) is 14.6. The number of rotatable bonds is 0. The molecule has 0 aromatic heterocycles. The third kappa shape index (κ3) is 1.64. The number of hydrogen-bond acceptors (Lipinski definition) is 0. The van der Waals surface area contributed by atoms with Crippen molar-refractivity contribution in [3.05, 3.63) is 65.6 Å². The maximum Gasteiger partial charge on any atom is 1.00 e. The van der Waals surface area contributed by atoms with Crippen molar-refractivity contribution >= 4 is 0 Å². The molecule has 1 aliphatic rings. The monoisotopic (exact) mass is 386 g/mol. The van der Waals surface area contributed by atoms with Gasteiger partial charge in [0.1, 0.15) is 0 Å². The molecule has 0 amide bonds. The second-order valence-electron chi connectivity index (χ2n) is 3.83. The Hall–Kier alpha value is -1.26. The molecule has 1 heteroatoms. The van der Waals surface area contributed by atoms with Crippen LogP contribution in [-0.4, -0.2) is 0 Å². The van der Waals surface area contributed by atoms with E-state index in [1.807, 2.05) is 12.1 Å². The third-order valence-corrected chi connectivity index (χ3v) is 2.94. The predicted molar refractivity (Wildman–Crippen MR) is 60.9 cm³/mol. The van der Waals surface area contributed by atoms with Crippen molar-refractivity contribution in [2.24, 2.45) is 0 Å². The van der Waals surface area contributed by atoms with Crippen molar-refractivity contribution in [2.45, 2.75) is 6.42 Å². The minimum Gasteiger partial charge on any atom is -0.366 e. The van der Waals surface area contributed by atoms with E-state index in [-0.39, 0.29) is 22.4 Å². The molecule has 0 nitrogen and oxygen atoms in total. The van der Waals surface area contributed by atoms with E-state index in [9.17, 15) is 0 Å². The Labute approximate surface area is 111 Å². The van der Waals surface area contributed by atoms with Gasteiger partial charge in [-0.15, -0.1) is 17.7 Å². The first-order chi connectivity index (χ1) is 7.38. The van der Waals surface area contributed by atoms with Crippen LogP contribution < -0.4 is 0 Å². The van der Waals surface area contributed by atoms with Gasteiger partial charge < -0.3 is 6.42 Å². The van der Waals surface area contributed by atoms with E-state index in [0.717, 1.165) is 12.0 Å². The quantitative estimate of drug-likeness (QED) is 0.316. The molecule has 0 heterocycles. The largest absolute Gasteiger partial charge is 1.00 e. The van der Waals surface area contributed by atoms with Crippen molar-refractivity contribution in [3.8, 4) is 17.0 Å². The molecule has 0 aliphatic heterocycles. The van der Waals surface area contributed by atoms with Crippen LogP contribution in [0.2, 0.25) is 0 Å². The summed E-state index contributed by atoms with van der Waals surface area (Å²) in [6.45, 7) is 0. The molecule has 2 aromatic carbocycles. The van der Waals surface area contributed by atoms with Gasteiger partial charge in [-0.1, -0.05) is 30.3 Å².